The van der Waals surface area contributed by atoms with E-state index >= 15 is 0 Å². The molecule has 1 unspecified atom stereocenters. The van der Waals surface area contributed by atoms with E-state index in [0.717, 1.165) is 5.57 Å². The Morgan fingerprint density at radius 1 is 1.62 bits per heavy atom. The summed E-state index contributed by atoms with van der Waals surface area (Å²) in [6.45, 7) is 9.72. The molecule has 0 aromatic rings. The fourth-order valence-corrected chi connectivity index (χ4v) is 0.804. The summed E-state index contributed by atoms with van der Waals surface area (Å²) in [4.78, 5) is 2.00. The molecule has 0 rings (SSSR count). The van der Waals surface area contributed by atoms with Crippen LogP contribution in [0.3, 0.4) is 0 Å². The summed E-state index contributed by atoms with van der Waals surface area (Å²) in [5.41, 5.74) is 0.951. The first-order chi connectivity index (χ1) is 6.11. The van der Waals surface area contributed by atoms with E-state index in [1.165, 1.54) is 0 Å². The molecule has 0 aromatic carbocycles. The highest BCUT2D eigenvalue weighted by Crippen LogP contribution is 2.03. The quantitative estimate of drug-likeness (QED) is 0.633. The van der Waals surface area contributed by atoms with Crippen LogP contribution < -0.4 is 0 Å². The van der Waals surface area contributed by atoms with Crippen molar-refractivity contribution in [2.75, 3.05) is 13.7 Å². The molecule has 2 nitrogen and oxygen atoms in total. The van der Waals surface area contributed by atoms with Crippen LogP contribution in [0.25, 0.3) is 0 Å². The van der Waals surface area contributed by atoms with Gasteiger partial charge in [-0.05, 0) is 19.5 Å². The van der Waals surface area contributed by atoms with E-state index < -0.39 is 0 Å². The molecule has 0 bridgehead atoms. The van der Waals surface area contributed by atoms with Gasteiger partial charge in [-0.2, -0.15) is 0 Å². The molecule has 0 aromatic heterocycles. The van der Waals surface area contributed by atoms with Crippen molar-refractivity contribution in [3.8, 4) is 0 Å². The Kier molecular flexibility index (Phi) is 5.98. The van der Waals surface area contributed by atoms with Crippen molar-refractivity contribution in [3.63, 3.8) is 0 Å². The van der Waals surface area contributed by atoms with Crippen LogP contribution in [0.2, 0.25) is 0 Å². The largest absolute Gasteiger partial charge is 0.396 e. The summed E-state index contributed by atoms with van der Waals surface area (Å²) < 4.78 is 0. The van der Waals surface area contributed by atoms with Crippen molar-refractivity contribution in [2.45, 2.75) is 19.4 Å². The number of hydrogen-bond acceptors (Lipinski definition) is 2. The average Bonchev–Trinajstić information content (AvgIpc) is 2.13. The van der Waals surface area contributed by atoms with Crippen molar-refractivity contribution < 1.29 is 5.11 Å². The van der Waals surface area contributed by atoms with Crippen LogP contribution in [-0.4, -0.2) is 29.7 Å². The van der Waals surface area contributed by atoms with Gasteiger partial charge in [-0.15, -0.1) is 0 Å². The van der Waals surface area contributed by atoms with E-state index in [1.807, 2.05) is 24.1 Å². The number of hydrogen-bond donors (Lipinski definition) is 1. The van der Waals surface area contributed by atoms with Crippen LogP contribution in [0, 0.1) is 0 Å². The van der Waals surface area contributed by atoms with E-state index in [1.54, 1.807) is 6.20 Å². The maximum absolute atomic E-state index is 8.64. The zero-order chi connectivity index (χ0) is 10.3. The van der Waals surface area contributed by atoms with Gasteiger partial charge in [-0.3, -0.25) is 0 Å². The van der Waals surface area contributed by atoms with E-state index in [2.05, 4.69) is 20.1 Å². The predicted molar refractivity (Wildman–Crippen MR) is 57.4 cm³/mol. The highest BCUT2D eigenvalue weighted by Gasteiger charge is 1.98. The SMILES string of the molecule is C=CN(C)C(C)/C=C\C(=C)CCO. The van der Waals surface area contributed by atoms with Crippen molar-refractivity contribution >= 4 is 0 Å². The second kappa shape index (κ2) is 6.49. The third kappa shape index (κ3) is 5.26. The van der Waals surface area contributed by atoms with Crippen LogP contribution in [0.4, 0.5) is 0 Å². The number of likely N-dealkylation sites (N-methyl/N-ethyl adjacent to an activating group) is 1. The van der Waals surface area contributed by atoms with Gasteiger partial charge in [-0.25, -0.2) is 0 Å². The Hall–Kier alpha value is -1.02. The van der Waals surface area contributed by atoms with Crippen LogP contribution in [0.5, 0.6) is 0 Å². The molecular weight excluding hydrogens is 162 g/mol. The second-order valence-electron chi connectivity index (χ2n) is 3.08. The van der Waals surface area contributed by atoms with Crippen LogP contribution in [0.15, 0.2) is 37.1 Å². The lowest BCUT2D eigenvalue weighted by atomic mass is 10.2. The molecule has 0 spiro atoms. The van der Waals surface area contributed by atoms with E-state index in [-0.39, 0.29) is 6.61 Å². The smallest absolute Gasteiger partial charge is 0.0471 e. The molecule has 0 aliphatic heterocycles. The molecule has 0 heterocycles. The Labute approximate surface area is 80.9 Å². The van der Waals surface area contributed by atoms with Gasteiger partial charge in [0.15, 0.2) is 0 Å². The van der Waals surface area contributed by atoms with Gasteiger partial charge in [-0.1, -0.05) is 30.9 Å². The molecule has 13 heavy (non-hydrogen) atoms. The van der Waals surface area contributed by atoms with E-state index in [0.29, 0.717) is 12.5 Å². The lowest BCUT2D eigenvalue weighted by molar-refractivity contribution is 0.300. The number of aliphatic hydroxyl groups excluding tert-OH is 1. The first-order valence-electron chi connectivity index (χ1n) is 4.43. The Morgan fingerprint density at radius 3 is 2.69 bits per heavy atom. The van der Waals surface area contributed by atoms with Crippen molar-refractivity contribution in [1.29, 1.82) is 0 Å². The summed E-state index contributed by atoms with van der Waals surface area (Å²) in [5, 5.41) is 8.64. The fraction of sp³-hybridized carbons (Fsp3) is 0.455. The van der Waals surface area contributed by atoms with Crippen molar-refractivity contribution in [1.82, 2.24) is 4.90 Å². The lowest BCUT2D eigenvalue weighted by Gasteiger charge is -2.18. The number of nitrogens with zero attached hydrogens (tertiary/aromatic N) is 1. The molecule has 0 saturated heterocycles. The minimum absolute atomic E-state index is 0.162. The summed E-state index contributed by atoms with van der Waals surface area (Å²) in [6, 6.07) is 0.313. The van der Waals surface area contributed by atoms with Gasteiger partial charge in [0.25, 0.3) is 0 Å². The summed E-state index contributed by atoms with van der Waals surface area (Å²) in [5.74, 6) is 0. The van der Waals surface area contributed by atoms with Gasteiger partial charge in [0.1, 0.15) is 0 Å². The molecule has 0 aliphatic carbocycles. The maximum Gasteiger partial charge on any atom is 0.0471 e. The maximum atomic E-state index is 8.64. The number of allylic oxidation sites excluding steroid dienone is 1. The molecule has 0 amide bonds. The second-order valence-corrected chi connectivity index (χ2v) is 3.08. The average molecular weight is 181 g/mol. The first-order valence-corrected chi connectivity index (χ1v) is 4.43. The minimum Gasteiger partial charge on any atom is -0.396 e. The molecular formula is C11H19NO. The normalized spacial score (nSPS) is 12.8. The Morgan fingerprint density at radius 2 is 2.23 bits per heavy atom. The Bertz CT molecular complexity index is 196. The predicted octanol–water partition coefficient (Wildman–Crippen LogP) is 1.94. The fourth-order valence-electron chi connectivity index (χ4n) is 0.804. The Balaban J connectivity index is 3.95. The standard InChI is InChI=1S/C11H19NO/c1-5-12(4)11(3)7-6-10(2)8-9-13/h5-7,11,13H,1-2,8-9H2,3-4H3/b7-6-. The summed E-state index contributed by atoms with van der Waals surface area (Å²) in [6.07, 6.45) is 6.41. The van der Waals surface area contributed by atoms with Gasteiger partial charge in [0.2, 0.25) is 0 Å². The zero-order valence-electron chi connectivity index (χ0n) is 8.53. The van der Waals surface area contributed by atoms with Crippen LogP contribution >= 0.6 is 0 Å². The molecule has 0 fully saturated rings. The van der Waals surface area contributed by atoms with Gasteiger partial charge in [0.05, 0.1) is 0 Å². The zero-order valence-corrected chi connectivity index (χ0v) is 8.53. The molecule has 0 saturated carbocycles. The van der Waals surface area contributed by atoms with Gasteiger partial charge < -0.3 is 10.0 Å². The molecule has 0 aliphatic rings. The van der Waals surface area contributed by atoms with Crippen molar-refractivity contribution in [2.24, 2.45) is 0 Å². The monoisotopic (exact) mass is 181 g/mol. The first kappa shape index (κ1) is 12.0. The third-order valence-corrected chi connectivity index (χ3v) is 1.97. The number of rotatable bonds is 6. The van der Waals surface area contributed by atoms with Gasteiger partial charge in [0, 0.05) is 19.7 Å². The van der Waals surface area contributed by atoms with E-state index in [4.69, 9.17) is 5.11 Å². The van der Waals surface area contributed by atoms with Crippen LogP contribution in [-0.2, 0) is 0 Å². The van der Waals surface area contributed by atoms with E-state index in [9.17, 15) is 0 Å². The molecule has 2 heteroatoms. The summed E-state index contributed by atoms with van der Waals surface area (Å²) >= 11 is 0. The highest BCUT2D eigenvalue weighted by atomic mass is 16.2. The highest BCUT2D eigenvalue weighted by molar-refractivity contribution is 5.16. The van der Waals surface area contributed by atoms with Crippen molar-refractivity contribution in [3.05, 3.63) is 37.1 Å². The molecule has 0 radical (unpaired) electrons. The summed E-state index contributed by atoms with van der Waals surface area (Å²) in [7, 11) is 1.97. The lowest BCUT2D eigenvalue weighted by Crippen LogP contribution is -2.20. The number of aliphatic hydroxyl groups is 1. The molecule has 1 atom stereocenters. The molecule has 74 valence electrons. The topological polar surface area (TPSA) is 23.5 Å². The van der Waals surface area contributed by atoms with Crippen LogP contribution in [0.1, 0.15) is 13.3 Å². The molecule has 1 N–H and O–H groups in total. The third-order valence-electron chi connectivity index (χ3n) is 1.97. The minimum atomic E-state index is 0.162. The van der Waals surface area contributed by atoms with Gasteiger partial charge >= 0.3 is 0 Å².